The van der Waals surface area contributed by atoms with Crippen molar-refractivity contribution in [3.05, 3.63) is 48.2 Å². The molecular weight excluding hydrogens is 266 g/mol. The molecule has 3 rings (SSSR count). The van der Waals surface area contributed by atoms with Crippen molar-refractivity contribution < 1.29 is 9.84 Å². The molecule has 0 saturated carbocycles. The number of aromatic hydroxyl groups is 1. The van der Waals surface area contributed by atoms with Crippen molar-refractivity contribution in [3.8, 4) is 5.75 Å². The van der Waals surface area contributed by atoms with Gasteiger partial charge in [0.1, 0.15) is 11.6 Å². The first-order valence-corrected chi connectivity index (χ1v) is 7.12. The van der Waals surface area contributed by atoms with Gasteiger partial charge in [-0.05, 0) is 29.8 Å². The average molecular weight is 285 g/mol. The molecule has 0 unspecified atom stereocenters. The summed E-state index contributed by atoms with van der Waals surface area (Å²) in [5.74, 6) is 1.27. The molecule has 0 spiro atoms. The number of aromatic nitrogens is 1. The van der Waals surface area contributed by atoms with Crippen LogP contribution in [0.4, 0.5) is 11.5 Å². The first-order chi connectivity index (χ1) is 10.3. The van der Waals surface area contributed by atoms with Crippen molar-refractivity contribution in [1.29, 1.82) is 0 Å². The highest BCUT2D eigenvalue weighted by atomic mass is 16.5. The number of benzene rings is 1. The van der Waals surface area contributed by atoms with Gasteiger partial charge in [-0.3, -0.25) is 0 Å². The van der Waals surface area contributed by atoms with E-state index in [0.717, 1.165) is 43.4 Å². The number of phenolic OH excluding ortho intramolecular Hbond substituents is 1. The molecule has 0 bridgehead atoms. The normalized spacial score (nSPS) is 15.0. The number of pyridine rings is 1. The van der Waals surface area contributed by atoms with Crippen molar-refractivity contribution >= 4 is 11.5 Å². The molecule has 1 fully saturated rings. The van der Waals surface area contributed by atoms with Crippen LogP contribution in [0.3, 0.4) is 0 Å². The Labute approximate surface area is 124 Å². The Morgan fingerprint density at radius 2 is 2.05 bits per heavy atom. The standard InChI is InChI=1S/C16H19N3O2/c20-15-3-1-2-13(10-15)11-17-14-4-5-16(18-12-14)19-6-8-21-9-7-19/h1-5,10,12,17,20H,6-9,11H2. The van der Waals surface area contributed by atoms with Gasteiger partial charge in [-0.2, -0.15) is 0 Å². The molecule has 110 valence electrons. The molecule has 1 aromatic carbocycles. The minimum Gasteiger partial charge on any atom is -0.508 e. The number of morpholine rings is 1. The third-order valence-electron chi connectivity index (χ3n) is 3.49. The summed E-state index contributed by atoms with van der Waals surface area (Å²) in [7, 11) is 0. The van der Waals surface area contributed by atoms with Gasteiger partial charge in [-0.1, -0.05) is 12.1 Å². The van der Waals surface area contributed by atoms with Crippen molar-refractivity contribution in [2.24, 2.45) is 0 Å². The Balaban J connectivity index is 1.59. The van der Waals surface area contributed by atoms with Crippen LogP contribution in [0.5, 0.6) is 5.75 Å². The van der Waals surface area contributed by atoms with Crippen molar-refractivity contribution in [2.75, 3.05) is 36.5 Å². The first-order valence-electron chi connectivity index (χ1n) is 7.12. The lowest BCUT2D eigenvalue weighted by molar-refractivity contribution is 0.122. The summed E-state index contributed by atoms with van der Waals surface area (Å²) in [6.45, 7) is 3.97. The van der Waals surface area contributed by atoms with Crippen molar-refractivity contribution in [3.63, 3.8) is 0 Å². The number of anilines is 2. The lowest BCUT2D eigenvalue weighted by atomic mass is 10.2. The summed E-state index contributed by atoms with van der Waals surface area (Å²) in [5.41, 5.74) is 2.00. The summed E-state index contributed by atoms with van der Waals surface area (Å²) in [5, 5.41) is 12.7. The maximum atomic E-state index is 9.44. The number of nitrogens with zero attached hydrogens (tertiary/aromatic N) is 2. The zero-order valence-corrected chi connectivity index (χ0v) is 11.8. The highest BCUT2D eigenvalue weighted by Gasteiger charge is 2.11. The molecule has 0 radical (unpaired) electrons. The summed E-state index contributed by atoms with van der Waals surface area (Å²) in [6.07, 6.45) is 1.84. The fourth-order valence-electron chi connectivity index (χ4n) is 2.34. The maximum absolute atomic E-state index is 9.44. The molecule has 1 aromatic heterocycles. The van der Waals surface area contributed by atoms with E-state index in [0.29, 0.717) is 6.54 Å². The summed E-state index contributed by atoms with van der Waals surface area (Å²) < 4.78 is 5.34. The van der Waals surface area contributed by atoms with E-state index in [2.05, 4.69) is 15.2 Å². The molecule has 0 aliphatic carbocycles. The molecule has 2 heterocycles. The number of phenols is 1. The predicted octanol–water partition coefficient (Wildman–Crippen LogP) is 2.24. The molecule has 1 aliphatic rings. The van der Waals surface area contributed by atoms with Crippen LogP contribution in [0.25, 0.3) is 0 Å². The third kappa shape index (κ3) is 3.64. The molecule has 2 aromatic rings. The zero-order chi connectivity index (χ0) is 14.5. The minimum atomic E-state index is 0.287. The fraction of sp³-hybridized carbons (Fsp3) is 0.312. The Kier molecular flexibility index (Phi) is 4.21. The average Bonchev–Trinajstić information content (AvgIpc) is 2.54. The van der Waals surface area contributed by atoms with E-state index >= 15 is 0 Å². The van der Waals surface area contributed by atoms with Gasteiger partial charge < -0.3 is 20.1 Å². The van der Waals surface area contributed by atoms with E-state index in [1.165, 1.54) is 0 Å². The van der Waals surface area contributed by atoms with E-state index < -0.39 is 0 Å². The van der Waals surface area contributed by atoms with Gasteiger partial charge >= 0.3 is 0 Å². The SMILES string of the molecule is Oc1cccc(CNc2ccc(N3CCOCC3)nc2)c1. The maximum Gasteiger partial charge on any atom is 0.128 e. The van der Waals surface area contributed by atoms with Gasteiger partial charge in [0.2, 0.25) is 0 Å². The molecule has 1 aliphatic heterocycles. The van der Waals surface area contributed by atoms with Crippen LogP contribution in [0.1, 0.15) is 5.56 Å². The van der Waals surface area contributed by atoms with E-state index in [1.807, 2.05) is 30.5 Å². The summed E-state index contributed by atoms with van der Waals surface area (Å²) in [6, 6.07) is 11.3. The Morgan fingerprint density at radius 1 is 1.19 bits per heavy atom. The van der Waals surface area contributed by atoms with Crippen LogP contribution < -0.4 is 10.2 Å². The molecule has 21 heavy (non-hydrogen) atoms. The van der Waals surface area contributed by atoms with Gasteiger partial charge in [0.15, 0.2) is 0 Å². The fourth-order valence-corrected chi connectivity index (χ4v) is 2.34. The van der Waals surface area contributed by atoms with Gasteiger partial charge in [0.05, 0.1) is 25.1 Å². The minimum absolute atomic E-state index is 0.287. The van der Waals surface area contributed by atoms with Gasteiger partial charge in [0, 0.05) is 19.6 Å². The molecule has 2 N–H and O–H groups in total. The van der Waals surface area contributed by atoms with Crippen molar-refractivity contribution in [2.45, 2.75) is 6.54 Å². The van der Waals surface area contributed by atoms with Crippen LogP contribution in [0.15, 0.2) is 42.6 Å². The summed E-state index contributed by atoms with van der Waals surface area (Å²) in [4.78, 5) is 6.72. The Bertz CT molecular complexity index is 580. The number of hydrogen-bond acceptors (Lipinski definition) is 5. The smallest absolute Gasteiger partial charge is 0.128 e. The second-order valence-electron chi connectivity index (χ2n) is 5.03. The predicted molar refractivity (Wildman–Crippen MR) is 82.7 cm³/mol. The topological polar surface area (TPSA) is 57.6 Å². The molecule has 0 amide bonds. The quantitative estimate of drug-likeness (QED) is 0.902. The second kappa shape index (κ2) is 6.45. The number of nitrogens with one attached hydrogen (secondary N) is 1. The van der Waals surface area contributed by atoms with Gasteiger partial charge in [0.25, 0.3) is 0 Å². The van der Waals surface area contributed by atoms with E-state index in [9.17, 15) is 5.11 Å². The van der Waals surface area contributed by atoms with E-state index in [-0.39, 0.29) is 5.75 Å². The highest BCUT2D eigenvalue weighted by Crippen LogP contribution is 2.17. The molecular formula is C16H19N3O2. The summed E-state index contributed by atoms with van der Waals surface area (Å²) >= 11 is 0. The van der Waals surface area contributed by atoms with E-state index in [1.54, 1.807) is 12.1 Å². The van der Waals surface area contributed by atoms with Crippen molar-refractivity contribution in [1.82, 2.24) is 4.98 Å². The van der Waals surface area contributed by atoms with Crippen LogP contribution in [-0.4, -0.2) is 36.4 Å². The first kappa shape index (κ1) is 13.7. The lowest BCUT2D eigenvalue weighted by Crippen LogP contribution is -2.36. The monoisotopic (exact) mass is 285 g/mol. The second-order valence-corrected chi connectivity index (χ2v) is 5.03. The Morgan fingerprint density at radius 3 is 2.76 bits per heavy atom. The number of hydrogen-bond donors (Lipinski definition) is 2. The number of rotatable bonds is 4. The molecule has 1 saturated heterocycles. The van der Waals surface area contributed by atoms with Gasteiger partial charge in [-0.25, -0.2) is 4.98 Å². The lowest BCUT2D eigenvalue weighted by Gasteiger charge is -2.27. The molecule has 5 nitrogen and oxygen atoms in total. The van der Waals surface area contributed by atoms with Gasteiger partial charge in [-0.15, -0.1) is 0 Å². The molecule has 0 atom stereocenters. The zero-order valence-electron chi connectivity index (χ0n) is 11.8. The van der Waals surface area contributed by atoms with E-state index in [4.69, 9.17) is 4.74 Å². The Hall–Kier alpha value is -2.27. The largest absolute Gasteiger partial charge is 0.508 e. The van der Waals surface area contributed by atoms with Crippen LogP contribution in [0.2, 0.25) is 0 Å². The van der Waals surface area contributed by atoms with Crippen LogP contribution in [0, 0.1) is 0 Å². The van der Waals surface area contributed by atoms with Crippen LogP contribution in [-0.2, 0) is 11.3 Å². The van der Waals surface area contributed by atoms with Crippen LogP contribution >= 0.6 is 0 Å². The highest BCUT2D eigenvalue weighted by molar-refractivity contribution is 5.49. The number of ether oxygens (including phenoxy) is 1. The molecule has 5 heteroatoms. The third-order valence-corrected chi connectivity index (χ3v) is 3.49.